The van der Waals surface area contributed by atoms with Gasteiger partial charge in [0, 0.05) is 6.54 Å². The van der Waals surface area contributed by atoms with Gasteiger partial charge in [-0.1, -0.05) is 17.3 Å². The monoisotopic (exact) mass is 305 g/mol. The zero-order valence-electron chi connectivity index (χ0n) is 11.5. The maximum absolute atomic E-state index is 12.7. The van der Waals surface area contributed by atoms with Crippen molar-refractivity contribution in [3.05, 3.63) is 29.8 Å². The van der Waals surface area contributed by atoms with Crippen molar-refractivity contribution in [2.45, 2.75) is 12.6 Å². The molecule has 0 aromatic heterocycles. The number of benzene rings is 1. The molecule has 0 saturated heterocycles. The zero-order valence-corrected chi connectivity index (χ0v) is 11.5. The van der Waals surface area contributed by atoms with Crippen LogP contribution in [0, 0.1) is 5.92 Å². The smallest absolute Gasteiger partial charge is 0.400 e. The molecule has 21 heavy (non-hydrogen) atoms. The molecule has 1 atom stereocenters. The molecule has 0 bridgehead atoms. The maximum Gasteiger partial charge on any atom is 0.400 e. The average Bonchev–Trinajstić information content (AvgIpc) is 2.45. The molecule has 1 aromatic rings. The number of ether oxygens (including phenoxy) is 1. The number of amidine groups is 1. The molecule has 5 nitrogen and oxygen atoms in total. The number of nitrogens with zero attached hydrogens (tertiary/aromatic N) is 1. The first-order chi connectivity index (χ1) is 9.88. The van der Waals surface area contributed by atoms with Gasteiger partial charge in [-0.15, -0.1) is 0 Å². The summed E-state index contributed by atoms with van der Waals surface area (Å²) in [5.41, 5.74) is 6.02. The van der Waals surface area contributed by atoms with E-state index in [4.69, 9.17) is 15.7 Å². The van der Waals surface area contributed by atoms with Crippen LogP contribution in [0.5, 0.6) is 5.75 Å². The van der Waals surface area contributed by atoms with Gasteiger partial charge in [-0.2, -0.15) is 13.2 Å². The van der Waals surface area contributed by atoms with Gasteiger partial charge in [-0.25, -0.2) is 0 Å². The van der Waals surface area contributed by atoms with Crippen LogP contribution in [-0.2, 0) is 6.42 Å². The van der Waals surface area contributed by atoms with Gasteiger partial charge in [0.2, 0.25) is 0 Å². The molecule has 0 fully saturated rings. The molecule has 1 aromatic carbocycles. The Hall–Kier alpha value is -1.96. The Morgan fingerprint density at radius 2 is 2.00 bits per heavy atom. The van der Waals surface area contributed by atoms with Crippen LogP contribution in [-0.4, -0.2) is 37.4 Å². The first-order valence-corrected chi connectivity index (χ1v) is 6.26. The van der Waals surface area contributed by atoms with Crippen molar-refractivity contribution in [3.63, 3.8) is 0 Å². The molecule has 1 unspecified atom stereocenters. The number of halogens is 3. The van der Waals surface area contributed by atoms with Gasteiger partial charge in [-0.05, 0) is 30.7 Å². The molecule has 0 aliphatic heterocycles. The molecule has 0 aliphatic carbocycles. The van der Waals surface area contributed by atoms with Gasteiger partial charge in [0.15, 0.2) is 5.84 Å². The summed E-state index contributed by atoms with van der Waals surface area (Å²) in [6.07, 6.45) is -3.99. The van der Waals surface area contributed by atoms with Crippen LogP contribution in [0.1, 0.15) is 5.56 Å². The maximum atomic E-state index is 12.7. The van der Waals surface area contributed by atoms with Crippen molar-refractivity contribution in [3.8, 4) is 5.75 Å². The molecular weight excluding hydrogens is 287 g/mol. The second kappa shape index (κ2) is 7.72. The van der Waals surface area contributed by atoms with E-state index in [9.17, 15) is 13.2 Å². The van der Waals surface area contributed by atoms with Crippen LogP contribution >= 0.6 is 0 Å². The van der Waals surface area contributed by atoms with Gasteiger partial charge in [0.05, 0.1) is 7.11 Å². The second-order valence-electron chi connectivity index (χ2n) is 4.42. The van der Waals surface area contributed by atoms with Gasteiger partial charge in [0.1, 0.15) is 11.7 Å². The minimum Gasteiger partial charge on any atom is -0.497 e. The summed E-state index contributed by atoms with van der Waals surface area (Å²) >= 11 is 0. The number of hydrogen-bond donors (Lipinski definition) is 3. The summed E-state index contributed by atoms with van der Waals surface area (Å²) in [6.45, 7) is -0.0901. The van der Waals surface area contributed by atoms with E-state index in [1.54, 1.807) is 19.2 Å². The third-order valence-electron chi connectivity index (χ3n) is 2.97. The van der Waals surface area contributed by atoms with Crippen molar-refractivity contribution >= 4 is 5.84 Å². The quantitative estimate of drug-likeness (QED) is 0.236. The van der Waals surface area contributed by atoms with Gasteiger partial charge in [0.25, 0.3) is 0 Å². The van der Waals surface area contributed by atoms with Crippen LogP contribution in [0.4, 0.5) is 13.2 Å². The minimum absolute atomic E-state index is 0.345. The number of nitrogens with two attached hydrogens (primary N) is 1. The largest absolute Gasteiger partial charge is 0.497 e. The molecule has 0 aliphatic rings. The van der Waals surface area contributed by atoms with E-state index in [1.165, 1.54) is 0 Å². The fourth-order valence-corrected chi connectivity index (χ4v) is 1.73. The van der Waals surface area contributed by atoms with E-state index in [0.717, 1.165) is 11.3 Å². The number of nitrogens with one attached hydrogen (secondary N) is 1. The molecule has 0 radical (unpaired) electrons. The average molecular weight is 305 g/mol. The van der Waals surface area contributed by atoms with E-state index >= 15 is 0 Å². The van der Waals surface area contributed by atoms with Crippen molar-refractivity contribution in [1.82, 2.24) is 5.32 Å². The molecular formula is C13H18F3N3O2. The normalized spacial score (nSPS) is 14.0. The molecule has 118 valence electrons. The van der Waals surface area contributed by atoms with Crippen LogP contribution < -0.4 is 15.8 Å². The summed E-state index contributed by atoms with van der Waals surface area (Å²) < 4.78 is 43.0. The van der Waals surface area contributed by atoms with Gasteiger partial charge in [-0.3, -0.25) is 0 Å². The lowest BCUT2D eigenvalue weighted by molar-refractivity contribution is -0.154. The number of oxime groups is 1. The number of rotatable bonds is 7. The van der Waals surface area contributed by atoms with E-state index in [1.807, 2.05) is 12.1 Å². The van der Waals surface area contributed by atoms with Crippen molar-refractivity contribution in [2.24, 2.45) is 16.8 Å². The highest BCUT2D eigenvalue weighted by Gasteiger charge is 2.42. The Morgan fingerprint density at radius 1 is 1.38 bits per heavy atom. The molecule has 1 rings (SSSR count). The molecule has 0 amide bonds. The van der Waals surface area contributed by atoms with Crippen LogP contribution in [0.15, 0.2) is 29.4 Å². The fraction of sp³-hybridized carbons (Fsp3) is 0.462. The minimum atomic E-state index is -4.55. The third kappa shape index (κ3) is 5.50. The highest BCUT2D eigenvalue weighted by atomic mass is 19.4. The molecule has 0 spiro atoms. The Bertz CT molecular complexity index is 461. The topological polar surface area (TPSA) is 79.9 Å². The van der Waals surface area contributed by atoms with E-state index < -0.39 is 24.5 Å². The van der Waals surface area contributed by atoms with E-state index in [2.05, 4.69) is 10.5 Å². The van der Waals surface area contributed by atoms with E-state index in [0.29, 0.717) is 13.0 Å². The lowest BCUT2D eigenvalue weighted by Crippen LogP contribution is -2.43. The highest BCUT2D eigenvalue weighted by Crippen LogP contribution is 2.25. The Morgan fingerprint density at radius 3 is 2.48 bits per heavy atom. The predicted octanol–water partition coefficient (Wildman–Crippen LogP) is 1.75. The van der Waals surface area contributed by atoms with Crippen LogP contribution in [0.25, 0.3) is 0 Å². The standard InChI is InChI=1S/C13H18F3N3O2/c1-21-10-4-2-9(3-5-10)6-7-18-8-11(12(17)19-20)13(14,15)16/h2-5,11,18,20H,6-8H2,1H3,(H2,17,19). The van der Waals surface area contributed by atoms with Crippen molar-refractivity contribution < 1.29 is 23.1 Å². The summed E-state index contributed by atoms with van der Waals surface area (Å²) in [5, 5.41) is 13.5. The molecule has 0 heterocycles. The lowest BCUT2D eigenvalue weighted by atomic mass is 10.1. The Labute approximate surface area is 120 Å². The second-order valence-corrected chi connectivity index (χ2v) is 4.42. The fourth-order valence-electron chi connectivity index (χ4n) is 1.73. The van der Waals surface area contributed by atoms with E-state index in [-0.39, 0.29) is 0 Å². The molecule has 0 saturated carbocycles. The highest BCUT2D eigenvalue weighted by molar-refractivity contribution is 5.83. The number of alkyl halides is 3. The first-order valence-electron chi connectivity index (χ1n) is 6.26. The SMILES string of the molecule is COc1ccc(CCNCC(/C(N)=N/O)C(F)(F)F)cc1. The predicted molar refractivity (Wildman–Crippen MR) is 72.5 cm³/mol. The summed E-state index contributed by atoms with van der Waals surface area (Å²) in [5.74, 6) is -2.13. The Balaban J connectivity index is 2.44. The molecule has 4 N–H and O–H groups in total. The third-order valence-corrected chi connectivity index (χ3v) is 2.97. The lowest BCUT2D eigenvalue weighted by Gasteiger charge is -2.19. The number of hydrogen-bond acceptors (Lipinski definition) is 4. The number of methoxy groups -OCH3 is 1. The van der Waals surface area contributed by atoms with Crippen LogP contribution in [0.3, 0.4) is 0 Å². The van der Waals surface area contributed by atoms with Crippen molar-refractivity contribution in [1.29, 1.82) is 0 Å². The summed E-state index contributed by atoms with van der Waals surface area (Å²) in [7, 11) is 1.56. The Kier molecular flexibility index (Phi) is 6.29. The van der Waals surface area contributed by atoms with Gasteiger partial charge < -0.3 is 21.0 Å². The summed E-state index contributed by atoms with van der Waals surface area (Å²) in [6, 6.07) is 7.24. The summed E-state index contributed by atoms with van der Waals surface area (Å²) in [4.78, 5) is 0. The van der Waals surface area contributed by atoms with Crippen LogP contribution in [0.2, 0.25) is 0 Å². The zero-order chi connectivity index (χ0) is 15.9. The first kappa shape index (κ1) is 17.1. The van der Waals surface area contributed by atoms with Gasteiger partial charge >= 0.3 is 6.18 Å². The molecule has 8 heteroatoms. The van der Waals surface area contributed by atoms with Crippen molar-refractivity contribution in [2.75, 3.05) is 20.2 Å².